The minimum absolute atomic E-state index is 0.0936. The zero-order valence-corrected chi connectivity index (χ0v) is 18.0. The third-order valence-corrected chi connectivity index (χ3v) is 6.44. The Bertz CT molecular complexity index is 1390. The van der Waals surface area contributed by atoms with Gasteiger partial charge < -0.3 is 9.47 Å². The Balaban J connectivity index is 1.51. The predicted octanol–water partition coefficient (Wildman–Crippen LogP) is 4.40. The van der Waals surface area contributed by atoms with E-state index < -0.39 is 0 Å². The number of benzene rings is 2. The Morgan fingerprint density at radius 2 is 1.87 bits per heavy atom. The van der Waals surface area contributed by atoms with Gasteiger partial charge in [-0.2, -0.15) is 0 Å². The van der Waals surface area contributed by atoms with Crippen LogP contribution < -0.4 is 15.0 Å². The molecule has 1 aliphatic rings. The molecule has 0 spiro atoms. The first-order valence-electron chi connectivity index (χ1n) is 9.98. The molecule has 5 rings (SSSR count). The van der Waals surface area contributed by atoms with Crippen LogP contribution in [-0.4, -0.2) is 28.5 Å². The Kier molecular flexibility index (Phi) is 4.82. The molecule has 0 aliphatic carbocycles. The number of rotatable bonds is 4. The summed E-state index contributed by atoms with van der Waals surface area (Å²) in [6.45, 7) is 4.96. The van der Waals surface area contributed by atoms with E-state index in [1.165, 1.54) is 27.8 Å². The summed E-state index contributed by atoms with van der Waals surface area (Å²) in [4.78, 5) is 31.2. The molecule has 0 atom stereocenters. The van der Waals surface area contributed by atoms with Crippen molar-refractivity contribution in [1.29, 1.82) is 0 Å². The molecule has 0 unspecified atom stereocenters. The van der Waals surface area contributed by atoms with Crippen molar-refractivity contribution in [3.8, 4) is 22.6 Å². The molecule has 1 aliphatic heterocycles. The minimum atomic E-state index is -0.217. The van der Waals surface area contributed by atoms with Gasteiger partial charge in [0.15, 0.2) is 17.3 Å². The summed E-state index contributed by atoms with van der Waals surface area (Å²) in [5.74, 6) is 0.982. The van der Waals surface area contributed by atoms with E-state index in [0.29, 0.717) is 40.5 Å². The van der Waals surface area contributed by atoms with Crippen LogP contribution in [0.5, 0.6) is 11.5 Å². The number of hydrogen-bond acceptors (Lipinski definition) is 6. The molecule has 0 N–H and O–H groups in total. The van der Waals surface area contributed by atoms with Crippen LogP contribution in [0.3, 0.4) is 0 Å². The van der Waals surface area contributed by atoms with E-state index in [-0.39, 0.29) is 17.9 Å². The van der Waals surface area contributed by atoms with Crippen molar-refractivity contribution in [2.45, 2.75) is 20.4 Å². The zero-order chi connectivity index (χ0) is 21.5. The lowest BCUT2D eigenvalue weighted by Gasteiger charge is -2.18. The molecule has 7 heteroatoms. The predicted molar refractivity (Wildman–Crippen MR) is 121 cm³/mol. The van der Waals surface area contributed by atoms with Crippen LogP contribution in [0, 0.1) is 13.8 Å². The third-order valence-electron chi connectivity index (χ3n) is 5.56. The number of ketones is 1. The van der Waals surface area contributed by atoms with Crippen LogP contribution in [0.25, 0.3) is 21.3 Å². The summed E-state index contributed by atoms with van der Waals surface area (Å²) in [7, 11) is 0. The van der Waals surface area contributed by atoms with E-state index in [9.17, 15) is 9.59 Å². The van der Waals surface area contributed by atoms with E-state index in [2.05, 4.69) is 31.0 Å². The number of ether oxygens (including phenoxy) is 2. The van der Waals surface area contributed by atoms with Crippen LogP contribution in [0.15, 0.2) is 52.9 Å². The van der Waals surface area contributed by atoms with Crippen LogP contribution >= 0.6 is 11.3 Å². The Labute approximate surface area is 182 Å². The standard InChI is InChI=1S/C24H20N2O4S/c1-14-3-4-16(9-15(14)2)18-12-31-23-22(18)24(28)26(13-25-23)11-19(27)17-5-6-20-21(10-17)30-8-7-29-20/h3-6,9-10,12-13H,7-8,11H2,1-2H3. The number of aromatic nitrogens is 2. The summed E-state index contributed by atoms with van der Waals surface area (Å²) in [6.07, 6.45) is 1.45. The number of fused-ring (bicyclic) bond motifs is 2. The van der Waals surface area contributed by atoms with E-state index in [1.807, 2.05) is 11.4 Å². The molecule has 31 heavy (non-hydrogen) atoms. The topological polar surface area (TPSA) is 70.4 Å². The number of aryl methyl sites for hydroxylation is 2. The van der Waals surface area contributed by atoms with Crippen LogP contribution in [0.4, 0.5) is 0 Å². The minimum Gasteiger partial charge on any atom is -0.486 e. The molecule has 6 nitrogen and oxygen atoms in total. The fourth-order valence-corrected chi connectivity index (χ4v) is 4.57. The summed E-state index contributed by atoms with van der Waals surface area (Å²) >= 11 is 1.43. The smallest absolute Gasteiger partial charge is 0.263 e. The molecule has 0 bridgehead atoms. The van der Waals surface area contributed by atoms with Crippen molar-refractivity contribution in [3.63, 3.8) is 0 Å². The highest BCUT2D eigenvalue weighted by molar-refractivity contribution is 7.17. The molecule has 0 saturated heterocycles. The number of carbonyl (C=O) groups excluding carboxylic acids is 1. The van der Waals surface area contributed by atoms with Gasteiger partial charge in [0.05, 0.1) is 18.3 Å². The summed E-state index contributed by atoms with van der Waals surface area (Å²) in [6, 6.07) is 11.2. The van der Waals surface area contributed by atoms with Crippen molar-refractivity contribution < 1.29 is 14.3 Å². The van der Waals surface area contributed by atoms with Crippen molar-refractivity contribution >= 4 is 27.3 Å². The van der Waals surface area contributed by atoms with Gasteiger partial charge in [0, 0.05) is 16.5 Å². The molecule has 2 aromatic heterocycles. The Morgan fingerprint density at radius 1 is 1.06 bits per heavy atom. The first kappa shape index (κ1) is 19.5. The third kappa shape index (κ3) is 3.51. The summed E-state index contributed by atoms with van der Waals surface area (Å²) in [5, 5.41) is 2.50. The maximum absolute atomic E-state index is 13.3. The van der Waals surface area contributed by atoms with E-state index in [1.54, 1.807) is 18.2 Å². The van der Waals surface area contributed by atoms with Gasteiger partial charge in [-0.1, -0.05) is 18.2 Å². The SMILES string of the molecule is Cc1ccc(-c2csc3ncn(CC(=O)c4ccc5c(c4)OCCO5)c(=O)c23)cc1C. The Morgan fingerprint density at radius 3 is 2.68 bits per heavy atom. The molecule has 0 saturated carbocycles. The van der Waals surface area contributed by atoms with Crippen LogP contribution in [0.2, 0.25) is 0 Å². The maximum atomic E-state index is 13.3. The molecule has 3 heterocycles. The molecule has 0 amide bonds. The molecule has 0 radical (unpaired) electrons. The molecule has 156 valence electrons. The highest BCUT2D eigenvalue weighted by Gasteiger charge is 2.18. The van der Waals surface area contributed by atoms with Crippen molar-refractivity contribution in [2.24, 2.45) is 0 Å². The first-order chi connectivity index (χ1) is 15.0. The van der Waals surface area contributed by atoms with Crippen molar-refractivity contribution in [3.05, 3.63) is 75.1 Å². The maximum Gasteiger partial charge on any atom is 0.263 e. The van der Waals surface area contributed by atoms with Crippen molar-refractivity contribution in [1.82, 2.24) is 9.55 Å². The second kappa shape index (κ2) is 7.67. The summed E-state index contributed by atoms with van der Waals surface area (Å²) < 4.78 is 12.4. The van der Waals surface area contributed by atoms with Gasteiger partial charge in [-0.05, 0) is 48.7 Å². The first-order valence-corrected chi connectivity index (χ1v) is 10.9. The summed E-state index contributed by atoms with van der Waals surface area (Å²) in [5.41, 5.74) is 4.44. The lowest BCUT2D eigenvalue weighted by atomic mass is 10.0. The lowest BCUT2D eigenvalue weighted by molar-refractivity contribution is 0.0969. The van der Waals surface area contributed by atoms with Crippen LogP contribution in [-0.2, 0) is 6.54 Å². The molecular formula is C24H20N2O4S. The molecule has 4 aromatic rings. The zero-order valence-electron chi connectivity index (χ0n) is 17.2. The average molecular weight is 433 g/mol. The second-order valence-electron chi connectivity index (χ2n) is 7.59. The lowest BCUT2D eigenvalue weighted by Crippen LogP contribution is -2.24. The number of hydrogen-bond donors (Lipinski definition) is 0. The van der Waals surface area contributed by atoms with Gasteiger partial charge in [0.25, 0.3) is 5.56 Å². The highest BCUT2D eigenvalue weighted by Crippen LogP contribution is 2.32. The normalized spacial score (nSPS) is 12.8. The Hall–Kier alpha value is -3.45. The van der Waals surface area contributed by atoms with E-state index >= 15 is 0 Å². The fraction of sp³-hybridized carbons (Fsp3) is 0.208. The van der Waals surface area contributed by atoms with Gasteiger partial charge in [0.2, 0.25) is 0 Å². The van der Waals surface area contributed by atoms with Gasteiger partial charge in [-0.15, -0.1) is 11.3 Å². The van der Waals surface area contributed by atoms with Gasteiger partial charge >= 0.3 is 0 Å². The molecule has 0 fully saturated rings. The molecule has 2 aromatic carbocycles. The van der Waals surface area contributed by atoms with Crippen molar-refractivity contribution in [2.75, 3.05) is 13.2 Å². The average Bonchev–Trinajstić information content (AvgIpc) is 3.22. The number of Topliss-reactive ketones (excluding diaryl/α,β-unsaturated/α-hetero) is 1. The largest absolute Gasteiger partial charge is 0.486 e. The highest BCUT2D eigenvalue weighted by atomic mass is 32.1. The van der Waals surface area contributed by atoms with E-state index in [4.69, 9.17) is 9.47 Å². The number of thiophene rings is 1. The van der Waals surface area contributed by atoms with Gasteiger partial charge in [-0.3, -0.25) is 14.2 Å². The molecular weight excluding hydrogens is 412 g/mol. The van der Waals surface area contributed by atoms with Gasteiger partial charge in [0.1, 0.15) is 18.0 Å². The van der Waals surface area contributed by atoms with E-state index in [0.717, 1.165) is 16.7 Å². The number of nitrogens with zero attached hydrogens (tertiary/aromatic N) is 2. The second-order valence-corrected chi connectivity index (χ2v) is 8.45. The van der Waals surface area contributed by atoms with Gasteiger partial charge in [-0.25, -0.2) is 4.98 Å². The van der Waals surface area contributed by atoms with Crippen LogP contribution in [0.1, 0.15) is 21.5 Å². The quantitative estimate of drug-likeness (QED) is 0.447. The fourth-order valence-electron chi connectivity index (χ4n) is 3.66. The number of carbonyl (C=O) groups is 1. The monoisotopic (exact) mass is 432 g/mol.